The number of hydrogen-bond acceptors (Lipinski definition) is 4. The van der Waals surface area contributed by atoms with Gasteiger partial charge in [-0.2, -0.15) is 0 Å². The summed E-state index contributed by atoms with van der Waals surface area (Å²) >= 11 is 0. The highest BCUT2D eigenvalue weighted by molar-refractivity contribution is 5.34. The molecule has 3 N–H and O–H groups in total. The van der Waals surface area contributed by atoms with Crippen molar-refractivity contribution in [2.75, 3.05) is 7.11 Å². The molecule has 0 spiro atoms. The van der Waals surface area contributed by atoms with Gasteiger partial charge in [0, 0.05) is 17.7 Å². The minimum Gasteiger partial charge on any atom is -0.481 e. The summed E-state index contributed by atoms with van der Waals surface area (Å²) in [5.41, 5.74) is 5.49. The lowest BCUT2D eigenvalue weighted by Crippen LogP contribution is -2.07. The fourth-order valence-electron chi connectivity index (χ4n) is 1.24. The highest BCUT2D eigenvalue weighted by atomic mass is 19.3. The molecule has 1 rings (SSSR count). The Morgan fingerprint density at radius 1 is 1.53 bits per heavy atom. The quantitative estimate of drug-likeness (QED) is 0.790. The summed E-state index contributed by atoms with van der Waals surface area (Å²) in [6.45, 7) is -0.379. The van der Waals surface area contributed by atoms with Gasteiger partial charge in [0.1, 0.15) is 5.69 Å². The van der Waals surface area contributed by atoms with E-state index in [1.165, 1.54) is 13.2 Å². The predicted octanol–water partition coefficient (Wildman–Crippen LogP) is 0.979. The van der Waals surface area contributed by atoms with Crippen molar-refractivity contribution >= 4 is 0 Å². The summed E-state index contributed by atoms with van der Waals surface area (Å²) < 4.78 is 29.8. The molecule has 4 nitrogen and oxygen atoms in total. The number of halogens is 2. The van der Waals surface area contributed by atoms with Crippen LogP contribution < -0.4 is 10.5 Å². The highest BCUT2D eigenvalue weighted by Crippen LogP contribution is 2.26. The van der Waals surface area contributed by atoms with Gasteiger partial charge in [-0.1, -0.05) is 0 Å². The number of nitrogens with two attached hydrogens (primary N) is 1. The largest absolute Gasteiger partial charge is 0.481 e. The van der Waals surface area contributed by atoms with E-state index >= 15 is 0 Å². The Kier molecular flexibility index (Phi) is 3.93. The van der Waals surface area contributed by atoms with Crippen LogP contribution in [0.3, 0.4) is 0 Å². The van der Waals surface area contributed by atoms with Crippen LogP contribution >= 0.6 is 0 Å². The molecule has 84 valence electrons. The smallest absolute Gasteiger partial charge is 0.280 e. The monoisotopic (exact) mass is 218 g/mol. The van der Waals surface area contributed by atoms with Crippen LogP contribution in [0, 0.1) is 0 Å². The van der Waals surface area contributed by atoms with Crippen LogP contribution in [-0.2, 0) is 13.2 Å². The number of methoxy groups -OCH3 is 1. The molecule has 0 atom stereocenters. The first kappa shape index (κ1) is 11.8. The SMILES string of the molecule is COc1nc(C(F)F)c(CO)cc1CN. The Bertz CT molecular complexity index is 345. The number of aliphatic hydroxyl groups is 1. The highest BCUT2D eigenvalue weighted by Gasteiger charge is 2.18. The van der Waals surface area contributed by atoms with Gasteiger partial charge in [0.15, 0.2) is 0 Å². The summed E-state index contributed by atoms with van der Waals surface area (Å²) in [4.78, 5) is 3.62. The van der Waals surface area contributed by atoms with Gasteiger partial charge >= 0.3 is 0 Å². The Morgan fingerprint density at radius 2 is 2.20 bits per heavy atom. The van der Waals surface area contributed by atoms with Crippen LogP contribution in [0.25, 0.3) is 0 Å². The first-order chi connectivity index (χ1) is 7.13. The van der Waals surface area contributed by atoms with E-state index in [9.17, 15) is 8.78 Å². The molecular weight excluding hydrogens is 206 g/mol. The van der Waals surface area contributed by atoms with Crippen molar-refractivity contribution in [1.29, 1.82) is 0 Å². The molecule has 0 bridgehead atoms. The summed E-state index contributed by atoms with van der Waals surface area (Å²) in [5, 5.41) is 8.90. The molecule has 0 aliphatic carbocycles. The first-order valence-corrected chi connectivity index (χ1v) is 4.29. The lowest BCUT2D eigenvalue weighted by molar-refractivity contribution is 0.140. The zero-order valence-corrected chi connectivity index (χ0v) is 8.20. The van der Waals surface area contributed by atoms with Gasteiger partial charge in [-0.25, -0.2) is 13.8 Å². The number of nitrogens with zero attached hydrogens (tertiary/aromatic N) is 1. The normalized spacial score (nSPS) is 10.8. The predicted molar refractivity (Wildman–Crippen MR) is 49.6 cm³/mol. The number of rotatable bonds is 4. The number of pyridine rings is 1. The number of hydrogen-bond donors (Lipinski definition) is 2. The molecule has 0 aromatic carbocycles. The Morgan fingerprint density at radius 3 is 2.60 bits per heavy atom. The Labute approximate surface area is 85.7 Å². The van der Waals surface area contributed by atoms with Crippen molar-refractivity contribution in [3.63, 3.8) is 0 Å². The standard InChI is InChI=1S/C9H12F2N2O2/c1-15-9-5(3-12)2-6(4-14)7(13-9)8(10)11/h2,8,14H,3-4,12H2,1H3. The van der Waals surface area contributed by atoms with Gasteiger partial charge in [-0.3, -0.25) is 0 Å². The molecule has 6 heteroatoms. The van der Waals surface area contributed by atoms with Crippen LogP contribution in [0.2, 0.25) is 0 Å². The Hall–Kier alpha value is -1.27. The number of alkyl halides is 2. The first-order valence-electron chi connectivity index (χ1n) is 4.29. The van der Waals surface area contributed by atoms with E-state index in [4.69, 9.17) is 15.6 Å². The summed E-state index contributed by atoms with van der Waals surface area (Å²) in [6.07, 6.45) is -2.74. The molecule has 15 heavy (non-hydrogen) atoms. The minimum atomic E-state index is -2.74. The second kappa shape index (κ2) is 4.99. The van der Waals surface area contributed by atoms with E-state index in [0.29, 0.717) is 5.56 Å². The summed E-state index contributed by atoms with van der Waals surface area (Å²) in [7, 11) is 1.33. The Balaban J connectivity index is 3.27. The zero-order chi connectivity index (χ0) is 11.4. The lowest BCUT2D eigenvalue weighted by Gasteiger charge is -2.11. The fraction of sp³-hybridized carbons (Fsp3) is 0.444. The van der Waals surface area contributed by atoms with Crippen molar-refractivity contribution in [2.24, 2.45) is 5.73 Å². The zero-order valence-electron chi connectivity index (χ0n) is 8.20. The van der Waals surface area contributed by atoms with Gasteiger partial charge in [-0.05, 0) is 6.07 Å². The van der Waals surface area contributed by atoms with Crippen molar-refractivity contribution in [2.45, 2.75) is 19.6 Å². The van der Waals surface area contributed by atoms with Crippen molar-refractivity contribution in [1.82, 2.24) is 4.98 Å². The molecule has 0 saturated heterocycles. The van der Waals surface area contributed by atoms with E-state index in [0.717, 1.165) is 0 Å². The van der Waals surface area contributed by atoms with E-state index in [2.05, 4.69) is 4.98 Å². The molecule has 0 fully saturated rings. The minimum absolute atomic E-state index is 0.0741. The van der Waals surface area contributed by atoms with E-state index in [1.54, 1.807) is 0 Å². The summed E-state index contributed by atoms with van der Waals surface area (Å²) in [6, 6.07) is 1.38. The molecule has 1 aromatic rings. The van der Waals surface area contributed by atoms with Crippen LogP contribution in [-0.4, -0.2) is 17.2 Å². The molecule has 0 unspecified atom stereocenters. The van der Waals surface area contributed by atoms with Crippen molar-refractivity contribution in [3.8, 4) is 5.88 Å². The third kappa shape index (κ3) is 2.40. The number of ether oxygens (including phenoxy) is 1. The third-order valence-corrected chi connectivity index (χ3v) is 1.96. The van der Waals surface area contributed by atoms with Crippen LogP contribution in [0.5, 0.6) is 5.88 Å². The maximum absolute atomic E-state index is 12.5. The third-order valence-electron chi connectivity index (χ3n) is 1.96. The molecule has 1 aromatic heterocycles. The molecular formula is C9H12F2N2O2. The maximum atomic E-state index is 12.5. The molecule has 0 aliphatic rings. The van der Waals surface area contributed by atoms with Crippen LogP contribution in [0.4, 0.5) is 8.78 Å². The fourth-order valence-corrected chi connectivity index (χ4v) is 1.24. The topological polar surface area (TPSA) is 68.4 Å². The average molecular weight is 218 g/mol. The number of aromatic nitrogens is 1. The van der Waals surface area contributed by atoms with Gasteiger partial charge < -0.3 is 15.6 Å². The van der Waals surface area contributed by atoms with E-state index < -0.39 is 18.7 Å². The summed E-state index contributed by atoms with van der Waals surface area (Å²) in [5.74, 6) is 0.0741. The van der Waals surface area contributed by atoms with Gasteiger partial charge in [0.25, 0.3) is 6.43 Å². The van der Waals surface area contributed by atoms with Crippen molar-refractivity contribution in [3.05, 3.63) is 22.9 Å². The molecule has 0 saturated carbocycles. The average Bonchev–Trinajstić information content (AvgIpc) is 2.26. The van der Waals surface area contributed by atoms with Crippen molar-refractivity contribution < 1.29 is 18.6 Å². The van der Waals surface area contributed by atoms with Crippen LogP contribution in [0.15, 0.2) is 6.07 Å². The number of aliphatic hydroxyl groups excluding tert-OH is 1. The lowest BCUT2D eigenvalue weighted by atomic mass is 10.1. The maximum Gasteiger partial charge on any atom is 0.280 e. The molecule has 0 radical (unpaired) electrons. The molecule has 1 heterocycles. The van der Waals surface area contributed by atoms with Gasteiger partial charge in [-0.15, -0.1) is 0 Å². The van der Waals surface area contributed by atoms with Crippen LogP contribution in [0.1, 0.15) is 23.2 Å². The molecule has 0 aliphatic heterocycles. The second-order valence-corrected chi connectivity index (χ2v) is 2.86. The second-order valence-electron chi connectivity index (χ2n) is 2.86. The van der Waals surface area contributed by atoms with Gasteiger partial charge in [0.2, 0.25) is 5.88 Å². The van der Waals surface area contributed by atoms with Gasteiger partial charge in [0.05, 0.1) is 13.7 Å². The van der Waals surface area contributed by atoms with E-state index in [-0.39, 0.29) is 18.0 Å². The van der Waals surface area contributed by atoms with E-state index in [1.807, 2.05) is 0 Å². The molecule has 0 amide bonds.